The highest BCUT2D eigenvalue weighted by Crippen LogP contribution is 2.33. The summed E-state index contributed by atoms with van der Waals surface area (Å²) in [5, 5.41) is 3.35. The lowest BCUT2D eigenvalue weighted by Gasteiger charge is -2.31. The van der Waals surface area contributed by atoms with E-state index in [0.717, 1.165) is 22.0 Å². The highest BCUT2D eigenvalue weighted by atomic mass is 19.1. The number of aromatic amines is 1. The molecule has 4 aromatic rings. The average Bonchev–Trinajstić information content (AvgIpc) is 3.32. The van der Waals surface area contributed by atoms with Crippen molar-refractivity contribution in [2.75, 3.05) is 0 Å². The molecule has 7 heteroatoms. The molecule has 0 saturated carbocycles. The van der Waals surface area contributed by atoms with Gasteiger partial charge in [0, 0.05) is 35.0 Å². The Morgan fingerprint density at radius 1 is 1.10 bits per heavy atom. The summed E-state index contributed by atoms with van der Waals surface area (Å²) in [5.41, 5.74) is 3.91. The first-order valence-corrected chi connectivity index (χ1v) is 9.92. The number of carbonyl (C=O) groups excluding carboxylic acids is 2. The molecule has 2 amide bonds. The largest absolute Gasteiger partial charge is 0.441 e. The van der Waals surface area contributed by atoms with Gasteiger partial charge in [-0.05, 0) is 41.8 Å². The molecular weight excluding hydrogens is 385 g/mol. The third kappa shape index (κ3) is 2.98. The molecule has 2 aromatic heterocycles. The van der Waals surface area contributed by atoms with Crippen molar-refractivity contribution in [1.29, 1.82) is 0 Å². The number of halogens is 1. The number of benzene rings is 2. The lowest BCUT2D eigenvalue weighted by molar-refractivity contribution is -0.142. The van der Waals surface area contributed by atoms with Gasteiger partial charge >= 0.3 is 0 Å². The minimum Gasteiger partial charge on any atom is -0.441 e. The molecule has 2 aromatic carbocycles. The normalized spacial score (nSPS) is 22.0. The second kappa shape index (κ2) is 6.79. The molecular formula is C23H20FN3O3. The number of piperidine rings is 1. The van der Waals surface area contributed by atoms with Crippen LogP contribution in [0, 0.1) is 23.6 Å². The second-order valence-electron chi connectivity index (χ2n) is 7.99. The fourth-order valence-electron chi connectivity index (χ4n) is 4.19. The van der Waals surface area contributed by atoms with E-state index in [9.17, 15) is 14.0 Å². The summed E-state index contributed by atoms with van der Waals surface area (Å²) in [6.45, 7) is 3.73. The average molecular weight is 405 g/mol. The first-order valence-electron chi connectivity index (χ1n) is 9.92. The number of amides is 2. The molecule has 0 bridgehead atoms. The Bertz CT molecular complexity index is 1310. The molecule has 3 atom stereocenters. The molecule has 1 aliphatic heterocycles. The molecule has 1 aliphatic rings. The van der Waals surface area contributed by atoms with Crippen LogP contribution in [-0.4, -0.2) is 21.8 Å². The van der Waals surface area contributed by atoms with Crippen molar-refractivity contribution in [2.45, 2.75) is 20.3 Å². The number of nitrogens with one attached hydrogen (secondary N) is 2. The van der Waals surface area contributed by atoms with E-state index >= 15 is 0 Å². The molecule has 3 unspecified atom stereocenters. The van der Waals surface area contributed by atoms with Crippen LogP contribution in [0.5, 0.6) is 0 Å². The van der Waals surface area contributed by atoms with Crippen LogP contribution in [-0.2, 0) is 16.0 Å². The number of rotatable bonds is 3. The van der Waals surface area contributed by atoms with Crippen LogP contribution >= 0.6 is 0 Å². The number of H-pyrrole nitrogens is 1. The van der Waals surface area contributed by atoms with Gasteiger partial charge in [-0.15, -0.1) is 0 Å². The molecule has 2 N–H and O–H groups in total. The summed E-state index contributed by atoms with van der Waals surface area (Å²) < 4.78 is 19.4. The molecule has 30 heavy (non-hydrogen) atoms. The molecule has 0 spiro atoms. The topological polar surface area (TPSA) is 88.0 Å². The Morgan fingerprint density at radius 3 is 2.77 bits per heavy atom. The maximum atomic E-state index is 13.5. The number of fused-ring (bicyclic) bond motifs is 2. The van der Waals surface area contributed by atoms with Gasteiger partial charge < -0.3 is 9.40 Å². The molecule has 0 aliphatic carbocycles. The maximum absolute atomic E-state index is 13.5. The first kappa shape index (κ1) is 18.5. The zero-order chi connectivity index (χ0) is 21.0. The van der Waals surface area contributed by atoms with Crippen molar-refractivity contribution >= 4 is 33.8 Å². The van der Waals surface area contributed by atoms with E-state index in [0.29, 0.717) is 23.4 Å². The van der Waals surface area contributed by atoms with E-state index in [1.165, 1.54) is 12.1 Å². The molecule has 3 heterocycles. The number of hydrogen-bond donors (Lipinski definition) is 2. The Hall–Kier alpha value is -3.48. The predicted molar refractivity (Wildman–Crippen MR) is 110 cm³/mol. The Kier molecular flexibility index (Phi) is 4.20. The fourth-order valence-corrected chi connectivity index (χ4v) is 4.19. The number of oxazole rings is 1. The minimum absolute atomic E-state index is 0.0940. The second-order valence-corrected chi connectivity index (χ2v) is 7.99. The van der Waals surface area contributed by atoms with Gasteiger partial charge in [-0.3, -0.25) is 14.9 Å². The quantitative estimate of drug-likeness (QED) is 0.500. The predicted octanol–water partition coefficient (Wildman–Crippen LogP) is 4.20. The highest BCUT2D eigenvalue weighted by Gasteiger charge is 2.39. The number of hydrogen-bond acceptors (Lipinski definition) is 4. The summed E-state index contributed by atoms with van der Waals surface area (Å²) in [6, 6.07) is 10.4. The summed E-state index contributed by atoms with van der Waals surface area (Å²) in [5.74, 6) is -1.03. The Labute approximate surface area is 171 Å². The number of carbonyl (C=O) groups is 2. The van der Waals surface area contributed by atoms with Crippen LogP contribution in [0.1, 0.15) is 19.7 Å². The smallest absolute Gasteiger partial charge is 0.230 e. The number of imide groups is 1. The van der Waals surface area contributed by atoms with Crippen molar-refractivity contribution in [3.05, 3.63) is 54.3 Å². The first-order chi connectivity index (χ1) is 14.4. The van der Waals surface area contributed by atoms with Crippen molar-refractivity contribution in [2.24, 2.45) is 17.8 Å². The molecule has 5 rings (SSSR count). The van der Waals surface area contributed by atoms with E-state index in [1.807, 2.05) is 38.2 Å². The lowest BCUT2D eigenvalue weighted by Crippen LogP contribution is -2.50. The van der Waals surface area contributed by atoms with Crippen LogP contribution in [0.3, 0.4) is 0 Å². The summed E-state index contributed by atoms with van der Waals surface area (Å²) in [7, 11) is 0. The zero-order valence-electron chi connectivity index (χ0n) is 16.5. The maximum Gasteiger partial charge on any atom is 0.230 e. The summed E-state index contributed by atoms with van der Waals surface area (Å²) in [6.07, 6.45) is 2.18. The van der Waals surface area contributed by atoms with E-state index < -0.39 is 0 Å². The molecule has 1 fully saturated rings. The molecule has 0 radical (unpaired) electrons. The third-order valence-corrected chi connectivity index (χ3v) is 6.20. The van der Waals surface area contributed by atoms with Crippen LogP contribution in [0.25, 0.3) is 33.1 Å². The van der Waals surface area contributed by atoms with Gasteiger partial charge in [-0.1, -0.05) is 19.9 Å². The van der Waals surface area contributed by atoms with Crippen LogP contribution in [0.2, 0.25) is 0 Å². The zero-order valence-corrected chi connectivity index (χ0v) is 16.5. The number of aromatic nitrogens is 2. The lowest BCUT2D eigenvalue weighted by atomic mass is 9.78. The molecule has 1 saturated heterocycles. The van der Waals surface area contributed by atoms with Crippen molar-refractivity contribution in [3.63, 3.8) is 0 Å². The molecule has 152 valence electrons. The Balaban J connectivity index is 1.47. The van der Waals surface area contributed by atoms with Crippen LogP contribution < -0.4 is 5.32 Å². The van der Waals surface area contributed by atoms with Gasteiger partial charge in [0.1, 0.15) is 11.3 Å². The van der Waals surface area contributed by atoms with E-state index in [-0.39, 0.29) is 35.4 Å². The van der Waals surface area contributed by atoms with Crippen molar-refractivity contribution in [1.82, 2.24) is 15.3 Å². The van der Waals surface area contributed by atoms with Crippen LogP contribution in [0.4, 0.5) is 4.39 Å². The number of nitrogens with zero attached hydrogens (tertiary/aromatic N) is 1. The van der Waals surface area contributed by atoms with Gasteiger partial charge in [-0.2, -0.15) is 0 Å². The van der Waals surface area contributed by atoms with Crippen molar-refractivity contribution in [3.8, 4) is 11.1 Å². The SMILES string of the molecule is CC1C(=O)NC(=O)C(Cc2nc3ccc(-c4c[nH]c5cc(F)ccc45)cc3o2)C1C. The summed E-state index contributed by atoms with van der Waals surface area (Å²) in [4.78, 5) is 31.7. The Morgan fingerprint density at radius 2 is 1.93 bits per heavy atom. The van der Waals surface area contributed by atoms with Crippen LogP contribution in [0.15, 0.2) is 47.0 Å². The van der Waals surface area contributed by atoms with Gasteiger partial charge in [0.05, 0.1) is 5.92 Å². The minimum atomic E-state index is -0.367. The third-order valence-electron chi connectivity index (χ3n) is 6.20. The molecule has 6 nitrogen and oxygen atoms in total. The van der Waals surface area contributed by atoms with E-state index in [2.05, 4.69) is 15.3 Å². The van der Waals surface area contributed by atoms with Gasteiger partial charge in [0.25, 0.3) is 0 Å². The van der Waals surface area contributed by atoms with E-state index in [4.69, 9.17) is 4.42 Å². The van der Waals surface area contributed by atoms with Gasteiger partial charge in [-0.25, -0.2) is 9.37 Å². The highest BCUT2D eigenvalue weighted by molar-refractivity contribution is 6.00. The monoisotopic (exact) mass is 405 g/mol. The van der Waals surface area contributed by atoms with E-state index in [1.54, 1.807) is 6.07 Å². The van der Waals surface area contributed by atoms with Gasteiger partial charge in [0.2, 0.25) is 11.8 Å². The summed E-state index contributed by atoms with van der Waals surface area (Å²) >= 11 is 0. The standard InChI is InChI=1S/C23H20FN3O3/c1-11-12(2)22(28)27-23(29)16(11)9-21-26-18-6-3-13(7-20(18)30-21)17-10-25-19-8-14(24)4-5-15(17)19/h3-8,10-12,16,25H,9H2,1-2H3,(H,27,28,29). The fraction of sp³-hybridized carbons (Fsp3) is 0.261. The van der Waals surface area contributed by atoms with Crippen molar-refractivity contribution < 1.29 is 18.4 Å². The van der Waals surface area contributed by atoms with Gasteiger partial charge in [0.15, 0.2) is 11.5 Å².